The molecule has 3 heteroatoms. The van der Waals surface area contributed by atoms with E-state index >= 15 is 0 Å². The van der Waals surface area contributed by atoms with Crippen molar-refractivity contribution in [1.29, 1.82) is 0 Å². The largest absolute Gasteiger partial charge is 0.271 e. The van der Waals surface area contributed by atoms with Gasteiger partial charge in [-0.05, 0) is 73.8 Å². The Bertz CT molecular complexity index is 431. The van der Waals surface area contributed by atoms with Gasteiger partial charge in [-0.15, -0.1) is 0 Å². The highest BCUT2D eigenvalue weighted by Gasteiger charge is 2.50. The number of hydrazine groups is 1. The molecule has 108 valence electrons. The van der Waals surface area contributed by atoms with Crippen molar-refractivity contribution in [2.75, 3.05) is 0 Å². The molecule has 4 saturated carbocycles. The molecule has 20 heavy (non-hydrogen) atoms. The highest BCUT2D eigenvalue weighted by atomic mass is 15.2. The standard InChI is InChI=1S/C17H25N3/c18-20-16(10-15-3-1-2-4-19-15)17-13-6-11-5-12(8-13)9-14(17)7-11/h1-4,11-14,16-17,20H,5-10,18H2. The minimum atomic E-state index is 0.403. The first-order valence-corrected chi connectivity index (χ1v) is 8.19. The molecule has 1 aromatic heterocycles. The van der Waals surface area contributed by atoms with E-state index in [9.17, 15) is 0 Å². The highest BCUT2D eigenvalue weighted by Crippen LogP contribution is 2.57. The van der Waals surface area contributed by atoms with Crippen LogP contribution < -0.4 is 11.3 Å². The molecule has 0 amide bonds. The van der Waals surface area contributed by atoms with E-state index in [1.807, 2.05) is 12.3 Å². The normalized spacial score (nSPS) is 40.0. The molecule has 0 aliphatic heterocycles. The van der Waals surface area contributed by atoms with Crippen molar-refractivity contribution in [3.05, 3.63) is 30.1 Å². The summed E-state index contributed by atoms with van der Waals surface area (Å²) in [6.07, 6.45) is 10.2. The summed E-state index contributed by atoms with van der Waals surface area (Å²) in [6.45, 7) is 0. The number of nitrogens with zero attached hydrogens (tertiary/aromatic N) is 1. The van der Waals surface area contributed by atoms with Gasteiger partial charge >= 0.3 is 0 Å². The van der Waals surface area contributed by atoms with E-state index in [-0.39, 0.29) is 0 Å². The van der Waals surface area contributed by atoms with E-state index in [4.69, 9.17) is 5.84 Å². The molecular formula is C17H25N3. The van der Waals surface area contributed by atoms with Crippen molar-refractivity contribution in [3.8, 4) is 0 Å². The maximum absolute atomic E-state index is 5.92. The van der Waals surface area contributed by atoms with Crippen LogP contribution in [0.1, 0.15) is 37.8 Å². The minimum absolute atomic E-state index is 0.403. The molecule has 1 atom stereocenters. The fourth-order valence-electron chi connectivity index (χ4n) is 5.67. The minimum Gasteiger partial charge on any atom is -0.271 e. The molecule has 0 spiro atoms. The van der Waals surface area contributed by atoms with Gasteiger partial charge in [-0.2, -0.15) is 0 Å². The zero-order valence-corrected chi connectivity index (χ0v) is 12.0. The molecule has 4 fully saturated rings. The van der Waals surface area contributed by atoms with Gasteiger partial charge in [0.25, 0.3) is 0 Å². The van der Waals surface area contributed by atoms with Gasteiger partial charge < -0.3 is 0 Å². The lowest BCUT2D eigenvalue weighted by Gasteiger charge is -2.56. The number of hydrogen-bond donors (Lipinski definition) is 2. The Morgan fingerprint density at radius 1 is 1.10 bits per heavy atom. The summed E-state index contributed by atoms with van der Waals surface area (Å²) in [5, 5.41) is 0. The predicted molar refractivity (Wildman–Crippen MR) is 79.6 cm³/mol. The number of hydrogen-bond acceptors (Lipinski definition) is 3. The van der Waals surface area contributed by atoms with Gasteiger partial charge in [0.15, 0.2) is 0 Å². The molecular weight excluding hydrogens is 246 g/mol. The third-order valence-corrected chi connectivity index (χ3v) is 6.13. The van der Waals surface area contributed by atoms with E-state index in [1.165, 1.54) is 37.8 Å². The summed E-state index contributed by atoms with van der Waals surface area (Å²) < 4.78 is 0. The number of aromatic nitrogens is 1. The summed E-state index contributed by atoms with van der Waals surface area (Å²) in [5.74, 6) is 10.6. The molecule has 4 aliphatic rings. The van der Waals surface area contributed by atoms with Crippen molar-refractivity contribution in [3.63, 3.8) is 0 Å². The Hall–Kier alpha value is -0.930. The van der Waals surface area contributed by atoms with Crippen molar-refractivity contribution in [2.45, 2.75) is 44.6 Å². The SMILES string of the molecule is NNC(Cc1ccccn1)C1C2CC3CC(C2)CC1C3. The molecule has 4 bridgehead atoms. The molecule has 4 aliphatic carbocycles. The molecule has 3 N–H and O–H groups in total. The second-order valence-electron chi connectivity index (χ2n) is 7.31. The topological polar surface area (TPSA) is 50.9 Å². The molecule has 0 aromatic carbocycles. The lowest BCUT2D eigenvalue weighted by Crippen LogP contribution is -2.55. The van der Waals surface area contributed by atoms with Gasteiger partial charge in [-0.25, -0.2) is 0 Å². The van der Waals surface area contributed by atoms with Crippen LogP contribution >= 0.6 is 0 Å². The first-order chi connectivity index (χ1) is 9.83. The molecule has 0 saturated heterocycles. The van der Waals surface area contributed by atoms with Crippen molar-refractivity contribution in [2.24, 2.45) is 35.4 Å². The van der Waals surface area contributed by atoms with Gasteiger partial charge in [-0.3, -0.25) is 16.3 Å². The molecule has 1 aromatic rings. The summed E-state index contributed by atoms with van der Waals surface area (Å²) in [5.41, 5.74) is 4.31. The van der Waals surface area contributed by atoms with Crippen LogP contribution in [0.2, 0.25) is 0 Å². The van der Waals surface area contributed by atoms with Gasteiger partial charge in [0.1, 0.15) is 0 Å². The van der Waals surface area contributed by atoms with Crippen LogP contribution in [-0.4, -0.2) is 11.0 Å². The van der Waals surface area contributed by atoms with Crippen LogP contribution in [-0.2, 0) is 6.42 Å². The molecule has 5 rings (SSSR count). The second-order valence-corrected chi connectivity index (χ2v) is 7.31. The van der Waals surface area contributed by atoms with Crippen molar-refractivity contribution < 1.29 is 0 Å². The fourth-order valence-corrected chi connectivity index (χ4v) is 5.67. The van der Waals surface area contributed by atoms with Crippen molar-refractivity contribution in [1.82, 2.24) is 10.4 Å². The Morgan fingerprint density at radius 3 is 2.35 bits per heavy atom. The van der Waals surface area contributed by atoms with Crippen LogP contribution in [0.4, 0.5) is 0 Å². The summed E-state index contributed by atoms with van der Waals surface area (Å²) in [6, 6.07) is 6.59. The van der Waals surface area contributed by atoms with Crippen LogP contribution in [0, 0.1) is 29.6 Å². The molecule has 1 unspecified atom stereocenters. The maximum atomic E-state index is 5.92. The highest BCUT2D eigenvalue weighted by molar-refractivity contribution is 5.08. The molecule has 0 radical (unpaired) electrons. The van der Waals surface area contributed by atoms with E-state index < -0.39 is 0 Å². The Kier molecular flexibility index (Phi) is 3.27. The Morgan fingerprint density at radius 2 is 1.80 bits per heavy atom. The first kappa shape index (κ1) is 12.8. The van der Waals surface area contributed by atoms with Crippen LogP contribution in [0.25, 0.3) is 0 Å². The van der Waals surface area contributed by atoms with Gasteiger partial charge in [0, 0.05) is 24.4 Å². The van der Waals surface area contributed by atoms with E-state index in [1.54, 1.807) is 0 Å². The number of nitrogens with one attached hydrogen (secondary N) is 1. The molecule has 3 nitrogen and oxygen atoms in total. The van der Waals surface area contributed by atoms with E-state index in [0.29, 0.717) is 6.04 Å². The van der Waals surface area contributed by atoms with Gasteiger partial charge in [0.05, 0.1) is 0 Å². The average Bonchev–Trinajstić information content (AvgIpc) is 2.46. The number of nitrogens with two attached hydrogens (primary N) is 1. The third-order valence-electron chi connectivity index (χ3n) is 6.13. The smallest absolute Gasteiger partial charge is 0.0419 e. The van der Waals surface area contributed by atoms with Crippen LogP contribution in [0.5, 0.6) is 0 Å². The lowest BCUT2D eigenvalue weighted by atomic mass is 9.50. The van der Waals surface area contributed by atoms with E-state index in [0.717, 1.165) is 36.0 Å². The quantitative estimate of drug-likeness (QED) is 0.653. The lowest BCUT2D eigenvalue weighted by molar-refractivity contribution is -0.0518. The van der Waals surface area contributed by atoms with Crippen LogP contribution in [0.3, 0.4) is 0 Å². The maximum Gasteiger partial charge on any atom is 0.0419 e. The first-order valence-electron chi connectivity index (χ1n) is 8.19. The Balaban J connectivity index is 1.53. The fraction of sp³-hybridized carbons (Fsp3) is 0.706. The monoisotopic (exact) mass is 271 g/mol. The Labute approximate surface area is 121 Å². The molecule has 1 heterocycles. The second kappa shape index (κ2) is 5.12. The number of rotatable bonds is 4. The average molecular weight is 271 g/mol. The zero-order valence-electron chi connectivity index (χ0n) is 12.0. The predicted octanol–water partition coefficient (Wildman–Crippen LogP) is 2.53. The third kappa shape index (κ3) is 2.17. The summed E-state index contributed by atoms with van der Waals surface area (Å²) in [7, 11) is 0. The van der Waals surface area contributed by atoms with Crippen molar-refractivity contribution >= 4 is 0 Å². The summed E-state index contributed by atoms with van der Waals surface area (Å²) >= 11 is 0. The number of pyridine rings is 1. The zero-order chi connectivity index (χ0) is 13.5. The van der Waals surface area contributed by atoms with Gasteiger partial charge in [0.2, 0.25) is 0 Å². The van der Waals surface area contributed by atoms with Gasteiger partial charge in [-0.1, -0.05) is 6.07 Å². The summed E-state index contributed by atoms with van der Waals surface area (Å²) in [4.78, 5) is 4.48. The van der Waals surface area contributed by atoms with Crippen LogP contribution in [0.15, 0.2) is 24.4 Å². The van der Waals surface area contributed by atoms with E-state index in [2.05, 4.69) is 22.5 Å².